The second-order valence-electron chi connectivity index (χ2n) is 7.17. The standard InChI is InChI=1S/C20H20FNO/c21-20-13-18(14-20,17(22)23)19(20,11-15-7-3-1-4-8-15)12-16-9-5-2-6-10-16/h1-10H,11-14H2,(H2,22,23). The van der Waals surface area contributed by atoms with Crippen LogP contribution in [0.15, 0.2) is 60.7 Å². The highest BCUT2D eigenvalue weighted by molar-refractivity contribution is 5.87. The summed E-state index contributed by atoms with van der Waals surface area (Å²) in [6.07, 6.45) is 1.69. The molecule has 1 amide bonds. The maximum atomic E-state index is 15.4. The van der Waals surface area contributed by atoms with Crippen molar-refractivity contribution < 1.29 is 9.18 Å². The highest BCUT2D eigenvalue weighted by Gasteiger charge is 2.87. The predicted molar refractivity (Wildman–Crippen MR) is 87.4 cm³/mol. The summed E-state index contributed by atoms with van der Waals surface area (Å²) in [6.45, 7) is 0. The Kier molecular flexibility index (Phi) is 2.93. The first-order valence-corrected chi connectivity index (χ1v) is 8.08. The van der Waals surface area contributed by atoms with Crippen LogP contribution in [0.1, 0.15) is 24.0 Å². The molecular formula is C20H20FNO. The third-order valence-electron chi connectivity index (χ3n) is 6.11. The van der Waals surface area contributed by atoms with Gasteiger partial charge in [0.05, 0.1) is 5.41 Å². The number of alkyl halides is 1. The van der Waals surface area contributed by atoms with Crippen molar-refractivity contribution in [2.24, 2.45) is 16.6 Å². The van der Waals surface area contributed by atoms with Crippen LogP contribution in [-0.2, 0) is 17.6 Å². The van der Waals surface area contributed by atoms with Gasteiger partial charge in [-0.3, -0.25) is 4.79 Å². The predicted octanol–water partition coefficient (Wildman–Crippen LogP) is 3.45. The maximum absolute atomic E-state index is 15.4. The highest BCUT2D eigenvalue weighted by atomic mass is 19.1. The Morgan fingerprint density at radius 3 is 1.70 bits per heavy atom. The van der Waals surface area contributed by atoms with Gasteiger partial charge in [0.1, 0.15) is 5.67 Å². The fraction of sp³-hybridized carbons (Fsp3) is 0.350. The van der Waals surface area contributed by atoms with Crippen LogP contribution < -0.4 is 5.73 Å². The summed E-state index contributed by atoms with van der Waals surface area (Å²) in [6, 6.07) is 19.7. The third-order valence-corrected chi connectivity index (χ3v) is 6.11. The van der Waals surface area contributed by atoms with E-state index in [-0.39, 0.29) is 18.7 Å². The van der Waals surface area contributed by atoms with Crippen molar-refractivity contribution in [3.05, 3.63) is 71.8 Å². The van der Waals surface area contributed by atoms with Gasteiger partial charge in [0.2, 0.25) is 5.91 Å². The molecule has 2 nitrogen and oxygen atoms in total. The normalized spacial score (nSPS) is 30.1. The molecule has 3 aliphatic rings. The molecule has 0 heterocycles. The molecule has 2 N–H and O–H groups in total. The van der Waals surface area contributed by atoms with E-state index in [0.29, 0.717) is 12.8 Å². The molecule has 0 aromatic heterocycles. The van der Waals surface area contributed by atoms with E-state index in [1.807, 2.05) is 60.7 Å². The molecule has 2 bridgehead atoms. The van der Waals surface area contributed by atoms with E-state index < -0.39 is 16.5 Å². The average molecular weight is 309 g/mol. The Bertz CT molecular complexity index is 693. The number of hydrogen-bond acceptors (Lipinski definition) is 1. The fourth-order valence-corrected chi connectivity index (χ4v) is 4.81. The van der Waals surface area contributed by atoms with E-state index in [0.717, 1.165) is 11.1 Å². The number of primary amides is 1. The minimum atomic E-state index is -1.27. The van der Waals surface area contributed by atoms with E-state index in [1.165, 1.54) is 0 Å². The van der Waals surface area contributed by atoms with Gasteiger partial charge in [-0.05, 0) is 36.8 Å². The molecule has 3 aliphatic carbocycles. The fourth-order valence-electron chi connectivity index (χ4n) is 4.81. The van der Waals surface area contributed by atoms with Crippen LogP contribution in [0.3, 0.4) is 0 Å². The van der Waals surface area contributed by atoms with Crippen molar-refractivity contribution in [1.82, 2.24) is 0 Å². The monoisotopic (exact) mass is 309 g/mol. The van der Waals surface area contributed by atoms with Crippen LogP contribution in [0.25, 0.3) is 0 Å². The van der Waals surface area contributed by atoms with Crippen LogP contribution in [0.4, 0.5) is 4.39 Å². The molecule has 5 rings (SSSR count). The maximum Gasteiger partial charge on any atom is 0.224 e. The van der Waals surface area contributed by atoms with E-state index in [9.17, 15) is 4.79 Å². The molecular weight excluding hydrogens is 289 g/mol. The van der Waals surface area contributed by atoms with Crippen LogP contribution in [0.5, 0.6) is 0 Å². The van der Waals surface area contributed by atoms with E-state index >= 15 is 4.39 Å². The summed E-state index contributed by atoms with van der Waals surface area (Å²) in [5.41, 5.74) is 5.18. The minimum Gasteiger partial charge on any atom is -0.369 e. The van der Waals surface area contributed by atoms with Crippen molar-refractivity contribution in [2.75, 3.05) is 0 Å². The minimum absolute atomic E-state index is 0.287. The van der Waals surface area contributed by atoms with Gasteiger partial charge >= 0.3 is 0 Å². The quantitative estimate of drug-likeness (QED) is 0.903. The highest BCUT2D eigenvalue weighted by Crippen LogP contribution is 2.82. The number of carbonyl (C=O) groups excluding carboxylic acids is 1. The van der Waals surface area contributed by atoms with Crippen LogP contribution in [0, 0.1) is 10.8 Å². The van der Waals surface area contributed by atoms with Crippen molar-refractivity contribution in [2.45, 2.75) is 31.4 Å². The molecule has 0 saturated heterocycles. The first-order chi connectivity index (χ1) is 11.0. The number of benzene rings is 2. The lowest BCUT2D eigenvalue weighted by molar-refractivity contribution is -0.332. The summed E-state index contributed by atoms with van der Waals surface area (Å²) in [7, 11) is 0. The number of hydrogen-bond donors (Lipinski definition) is 1. The van der Waals surface area contributed by atoms with Gasteiger partial charge in [0.15, 0.2) is 0 Å². The lowest BCUT2D eigenvalue weighted by atomic mass is 9.25. The Labute approximate surface area is 135 Å². The molecule has 2 aromatic carbocycles. The Morgan fingerprint density at radius 2 is 1.35 bits per heavy atom. The van der Waals surface area contributed by atoms with Gasteiger partial charge in [0.25, 0.3) is 0 Å². The molecule has 23 heavy (non-hydrogen) atoms. The molecule has 3 heteroatoms. The molecule has 2 aromatic rings. The zero-order valence-electron chi connectivity index (χ0n) is 13.0. The second-order valence-corrected chi connectivity index (χ2v) is 7.17. The largest absolute Gasteiger partial charge is 0.369 e. The smallest absolute Gasteiger partial charge is 0.224 e. The second kappa shape index (κ2) is 4.67. The van der Waals surface area contributed by atoms with Crippen LogP contribution in [0.2, 0.25) is 0 Å². The van der Waals surface area contributed by atoms with Crippen molar-refractivity contribution in [1.29, 1.82) is 0 Å². The molecule has 3 saturated carbocycles. The molecule has 3 fully saturated rings. The molecule has 0 radical (unpaired) electrons. The van der Waals surface area contributed by atoms with Gasteiger partial charge < -0.3 is 5.73 Å². The van der Waals surface area contributed by atoms with Gasteiger partial charge in [-0.1, -0.05) is 60.7 Å². The van der Waals surface area contributed by atoms with Gasteiger partial charge in [-0.25, -0.2) is 4.39 Å². The number of carbonyl (C=O) groups is 1. The Morgan fingerprint density at radius 1 is 0.913 bits per heavy atom. The van der Waals surface area contributed by atoms with E-state index in [1.54, 1.807) is 0 Å². The lowest BCUT2D eigenvalue weighted by Gasteiger charge is -2.78. The van der Waals surface area contributed by atoms with Gasteiger partial charge in [-0.15, -0.1) is 0 Å². The topological polar surface area (TPSA) is 43.1 Å². The van der Waals surface area contributed by atoms with Crippen molar-refractivity contribution >= 4 is 5.91 Å². The van der Waals surface area contributed by atoms with Crippen molar-refractivity contribution in [3.63, 3.8) is 0 Å². The molecule has 0 atom stereocenters. The summed E-state index contributed by atoms with van der Waals surface area (Å²) >= 11 is 0. The number of rotatable bonds is 5. The summed E-state index contributed by atoms with van der Waals surface area (Å²) < 4.78 is 15.4. The van der Waals surface area contributed by atoms with E-state index in [4.69, 9.17) is 5.73 Å². The SMILES string of the molecule is NC(=O)C12CC(F)(C1)C2(Cc1ccccc1)Cc1ccccc1. The van der Waals surface area contributed by atoms with E-state index in [2.05, 4.69) is 0 Å². The third kappa shape index (κ3) is 1.76. The number of nitrogens with two attached hydrogens (primary N) is 1. The van der Waals surface area contributed by atoms with Gasteiger partial charge in [0, 0.05) is 5.41 Å². The molecule has 0 aliphatic heterocycles. The molecule has 118 valence electrons. The average Bonchev–Trinajstić information content (AvgIpc) is 2.53. The van der Waals surface area contributed by atoms with Crippen molar-refractivity contribution in [3.8, 4) is 0 Å². The first kappa shape index (κ1) is 14.4. The molecule has 0 spiro atoms. The number of halogens is 1. The lowest BCUT2D eigenvalue weighted by Crippen LogP contribution is -2.85. The summed E-state index contributed by atoms with van der Waals surface area (Å²) in [5, 5.41) is 0. The summed E-state index contributed by atoms with van der Waals surface area (Å²) in [5.74, 6) is -0.344. The Hall–Kier alpha value is -2.16. The first-order valence-electron chi connectivity index (χ1n) is 8.08. The number of amides is 1. The molecule has 0 unspecified atom stereocenters. The van der Waals surface area contributed by atoms with Crippen LogP contribution >= 0.6 is 0 Å². The van der Waals surface area contributed by atoms with Gasteiger partial charge in [-0.2, -0.15) is 0 Å². The van der Waals surface area contributed by atoms with Crippen LogP contribution in [-0.4, -0.2) is 11.6 Å². The zero-order valence-corrected chi connectivity index (χ0v) is 13.0. The Balaban J connectivity index is 1.74. The summed E-state index contributed by atoms with van der Waals surface area (Å²) in [4.78, 5) is 12.1. The zero-order chi connectivity index (χ0) is 16.1.